The first-order valence-electron chi connectivity index (χ1n) is 11.3. The highest BCUT2D eigenvalue weighted by Crippen LogP contribution is 2.28. The third-order valence-electron chi connectivity index (χ3n) is 5.78. The quantitative estimate of drug-likeness (QED) is 0.581. The van der Waals surface area contributed by atoms with Crippen LogP contribution in [0.1, 0.15) is 58.4 Å². The van der Waals surface area contributed by atoms with Crippen LogP contribution in [0, 0.1) is 11.6 Å². The Morgan fingerprint density at radius 2 is 1.58 bits per heavy atom. The number of carbonyl (C=O) groups excluding carboxylic acids is 2. The molecule has 0 aliphatic carbocycles. The lowest BCUT2D eigenvalue weighted by Gasteiger charge is -2.33. The molecule has 0 atom stereocenters. The van der Waals surface area contributed by atoms with Gasteiger partial charge in [-0.3, -0.25) is 9.59 Å². The number of benzene rings is 1. The molecule has 5 nitrogen and oxygen atoms in total. The molecule has 0 radical (unpaired) electrons. The van der Waals surface area contributed by atoms with Crippen molar-refractivity contribution in [1.29, 1.82) is 0 Å². The van der Waals surface area contributed by atoms with Crippen LogP contribution in [0.4, 0.5) is 27.6 Å². The molecule has 10 heteroatoms. The molecule has 0 bridgehead atoms. The van der Waals surface area contributed by atoms with Crippen LogP contribution in [0.25, 0.3) is 0 Å². The highest BCUT2D eigenvalue weighted by Gasteiger charge is 2.30. The number of carbonyl (C=O) groups is 2. The van der Waals surface area contributed by atoms with Crippen molar-refractivity contribution in [2.24, 2.45) is 0 Å². The van der Waals surface area contributed by atoms with E-state index >= 15 is 0 Å². The molecule has 1 aliphatic rings. The van der Waals surface area contributed by atoms with E-state index < -0.39 is 36.6 Å². The summed E-state index contributed by atoms with van der Waals surface area (Å²) in [6, 6.07) is 2.05. The Bertz CT molecular complexity index is 829. The number of hydrogen-bond donors (Lipinski definition) is 0. The Morgan fingerprint density at radius 3 is 2.15 bits per heavy atom. The molecule has 1 heterocycles. The van der Waals surface area contributed by atoms with Gasteiger partial charge < -0.3 is 14.7 Å². The lowest BCUT2D eigenvalue weighted by atomic mass is 10.1. The van der Waals surface area contributed by atoms with Crippen molar-refractivity contribution in [2.75, 3.05) is 31.1 Å². The molecule has 2 rings (SSSR count). The van der Waals surface area contributed by atoms with E-state index in [1.165, 1.54) is 9.80 Å². The number of fused-ring (bicyclic) bond motifs is 1. The van der Waals surface area contributed by atoms with E-state index in [1.54, 1.807) is 6.92 Å². The van der Waals surface area contributed by atoms with Gasteiger partial charge in [0.25, 0.3) is 0 Å². The predicted octanol–water partition coefficient (Wildman–Crippen LogP) is 4.88. The number of rotatable bonds is 4. The van der Waals surface area contributed by atoms with Crippen molar-refractivity contribution in [3.8, 4) is 0 Å². The molecular weight excluding hydrogens is 445 g/mol. The Hall–Kier alpha value is -2.23. The lowest BCUT2D eigenvalue weighted by molar-refractivity contribution is -0.149. The van der Waals surface area contributed by atoms with Crippen molar-refractivity contribution in [3.05, 3.63) is 29.3 Å². The summed E-state index contributed by atoms with van der Waals surface area (Å²) in [4.78, 5) is 30.2. The molecule has 0 unspecified atom stereocenters. The highest BCUT2D eigenvalue weighted by molar-refractivity contribution is 5.94. The van der Waals surface area contributed by atoms with Gasteiger partial charge in [0.15, 0.2) is 11.6 Å². The largest absolute Gasteiger partial charge is 0.389 e. The average Bonchev–Trinajstić information content (AvgIpc) is 2.73. The van der Waals surface area contributed by atoms with E-state index in [1.807, 2.05) is 13.8 Å². The van der Waals surface area contributed by atoms with Crippen LogP contribution in [0.5, 0.6) is 0 Å². The Morgan fingerprint density at radius 1 is 0.970 bits per heavy atom. The Kier molecular flexibility index (Phi) is 9.63. The van der Waals surface area contributed by atoms with Gasteiger partial charge in [0.2, 0.25) is 11.8 Å². The summed E-state index contributed by atoms with van der Waals surface area (Å²) >= 11 is 0. The molecule has 0 saturated carbocycles. The second-order valence-corrected chi connectivity index (χ2v) is 8.56. The minimum atomic E-state index is -4.48. The number of hydrogen-bond acceptors (Lipinski definition) is 3. The van der Waals surface area contributed by atoms with Crippen LogP contribution in [0.3, 0.4) is 0 Å². The van der Waals surface area contributed by atoms with Gasteiger partial charge in [0.05, 0.1) is 12.1 Å². The summed E-state index contributed by atoms with van der Waals surface area (Å²) < 4.78 is 66.3. The number of nitrogens with zero attached hydrogens (tertiary/aromatic N) is 3. The van der Waals surface area contributed by atoms with E-state index in [4.69, 9.17) is 0 Å². The van der Waals surface area contributed by atoms with Gasteiger partial charge in [0.1, 0.15) is 0 Å². The van der Waals surface area contributed by atoms with E-state index in [-0.39, 0.29) is 49.3 Å². The highest BCUT2D eigenvalue weighted by atomic mass is 19.4. The molecule has 0 saturated heterocycles. The Labute approximate surface area is 191 Å². The molecule has 1 aromatic carbocycles. The number of amides is 2. The number of anilines is 1. The van der Waals surface area contributed by atoms with Gasteiger partial charge >= 0.3 is 6.18 Å². The molecule has 33 heavy (non-hydrogen) atoms. The Balaban J connectivity index is 2.46. The SMILES string of the molecule is CCC(=O)N1CCCN(C(C)C)CCCN(C(=O)CCC(F)(F)F)Cc2cc(F)c(F)cc21. The minimum absolute atomic E-state index is 0.139. The van der Waals surface area contributed by atoms with Crippen LogP contribution in [-0.2, 0) is 16.1 Å². The summed E-state index contributed by atoms with van der Waals surface area (Å²) in [5, 5.41) is 0. The second-order valence-electron chi connectivity index (χ2n) is 8.56. The van der Waals surface area contributed by atoms with Crippen LogP contribution in [0.2, 0.25) is 0 Å². The van der Waals surface area contributed by atoms with Gasteiger partial charge in [0, 0.05) is 57.7 Å². The van der Waals surface area contributed by atoms with E-state index in [2.05, 4.69) is 4.90 Å². The minimum Gasteiger partial charge on any atom is -0.338 e. The predicted molar refractivity (Wildman–Crippen MR) is 116 cm³/mol. The van der Waals surface area contributed by atoms with Gasteiger partial charge in [-0.25, -0.2) is 8.78 Å². The van der Waals surface area contributed by atoms with Gasteiger partial charge in [-0.1, -0.05) is 6.92 Å². The third-order valence-corrected chi connectivity index (χ3v) is 5.78. The van der Waals surface area contributed by atoms with Gasteiger partial charge in [-0.2, -0.15) is 13.2 Å². The molecule has 186 valence electrons. The molecule has 0 fully saturated rings. The maximum atomic E-state index is 14.2. The zero-order valence-corrected chi connectivity index (χ0v) is 19.4. The van der Waals surface area contributed by atoms with Crippen LogP contribution in [0.15, 0.2) is 12.1 Å². The van der Waals surface area contributed by atoms with Crippen molar-refractivity contribution < 1.29 is 31.5 Å². The maximum absolute atomic E-state index is 14.2. The lowest BCUT2D eigenvalue weighted by Crippen LogP contribution is -2.40. The normalized spacial score (nSPS) is 16.9. The van der Waals surface area contributed by atoms with Crippen molar-refractivity contribution >= 4 is 17.5 Å². The summed E-state index contributed by atoms with van der Waals surface area (Å²) in [7, 11) is 0. The van der Waals surface area contributed by atoms with Gasteiger partial charge in [-0.15, -0.1) is 0 Å². The van der Waals surface area contributed by atoms with Crippen LogP contribution >= 0.6 is 0 Å². The molecular formula is C23H32F5N3O2. The first-order chi connectivity index (χ1) is 15.4. The smallest absolute Gasteiger partial charge is 0.338 e. The van der Waals surface area contributed by atoms with Crippen molar-refractivity contribution in [3.63, 3.8) is 0 Å². The molecule has 2 amide bonds. The molecule has 1 aromatic rings. The zero-order valence-electron chi connectivity index (χ0n) is 19.4. The fourth-order valence-electron chi connectivity index (χ4n) is 3.95. The summed E-state index contributed by atoms with van der Waals surface area (Å²) in [5.74, 6) is -3.28. The molecule has 0 N–H and O–H groups in total. The molecule has 1 aliphatic heterocycles. The topological polar surface area (TPSA) is 43.9 Å². The van der Waals surface area contributed by atoms with Crippen LogP contribution < -0.4 is 4.90 Å². The molecule has 0 spiro atoms. The van der Waals surface area contributed by atoms with Crippen LogP contribution in [-0.4, -0.2) is 60.0 Å². The second kappa shape index (κ2) is 11.8. The maximum Gasteiger partial charge on any atom is 0.389 e. The first-order valence-corrected chi connectivity index (χ1v) is 11.3. The van der Waals surface area contributed by atoms with E-state index in [9.17, 15) is 31.5 Å². The third kappa shape index (κ3) is 7.94. The zero-order chi connectivity index (χ0) is 24.8. The molecule has 0 aromatic heterocycles. The number of alkyl halides is 3. The fourth-order valence-corrected chi connectivity index (χ4v) is 3.95. The van der Waals surface area contributed by atoms with E-state index in [0.717, 1.165) is 12.1 Å². The standard InChI is InChI=1S/C23H32F5N3O2/c1-4-21(32)31-12-6-10-29(16(2)3)9-5-11-30(22(33)7-8-23(26,27)28)15-17-13-18(24)19(25)14-20(17)31/h13-14,16H,4-12,15H2,1-3H3. The van der Waals surface area contributed by atoms with Crippen molar-refractivity contribution in [1.82, 2.24) is 9.80 Å². The fraction of sp³-hybridized carbons (Fsp3) is 0.652. The number of halogens is 5. The van der Waals surface area contributed by atoms with Gasteiger partial charge in [-0.05, 0) is 38.3 Å². The summed E-state index contributed by atoms with van der Waals surface area (Å²) in [6.07, 6.45) is -5.20. The first kappa shape index (κ1) is 27.0. The summed E-state index contributed by atoms with van der Waals surface area (Å²) in [5.41, 5.74) is 0.336. The van der Waals surface area contributed by atoms with E-state index in [0.29, 0.717) is 25.9 Å². The summed E-state index contributed by atoms with van der Waals surface area (Å²) in [6.45, 7) is 7.18. The monoisotopic (exact) mass is 477 g/mol. The van der Waals surface area contributed by atoms with Crippen molar-refractivity contribution in [2.45, 2.75) is 71.6 Å². The average molecular weight is 478 g/mol.